The summed E-state index contributed by atoms with van der Waals surface area (Å²) in [4.78, 5) is 22.2. The quantitative estimate of drug-likeness (QED) is 0.126. The Morgan fingerprint density at radius 1 is 0.877 bits per heavy atom. The third kappa shape index (κ3) is 11.5. The standard InChI is InChI=1S/C42H78N2O13/c1-16-18-19-52-43-32-23(3)21-41(10,51-15)37(57-39-33(45)29(44(12)13)20-24(4)53-39)26(6)34(56-31-22-40(9,50-14)36(47)28(8)54-31)27(7)38(48)55-30(17-2)42(11,49)35(46)25(32)5/h23-31,33-37,39,45-47,49H,16-22H2,1-15H3/b43-32+/t23-,24-,25+,26+,27-,28+,29+,30-,31+,33-,34+,35-,36+,37?,39+,40-,41-,42-/m1/s1. The molecule has 3 heterocycles. The van der Waals surface area contributed by atoms with Crippen LogP contribution in [0.3, 0.4) is 0 Å². The molecular formula is C42H78N2O13. The largest absolute Gasteiger partial charge is 0.459 e. The van der Waals surface area contributed by atoms with Crippen molar-refractivity contribution in [2.75, 3.05) is 34.9 Å². The second-order valence-electron chi connectivity index (χ2n) is 17.9. The van der Waals surface area contributed by atoms with Gasteiger partial charge in [-0.3, -0.25) is 4.79 Å². The smallest absolute Gasteiger partial charge is 0.311 e. The minimum Gasteiger partial charge on any atom is -0.459 e. The Labute approximate surface area is 342 Å². The van der Waals surface area contributed by atoms with E-state index in [1.807, 2.05) is 46.7 Å². The summed E-state index contributed by atoms with van der Waals surface area (Å²) >= 11 is 0. The Kier molecular flexibility index (Phi) is 18.2. The van der Waals surface area contributed by atoms with E-state index in [0.29, 0.717) is 18.7 Å². The molecule has 15 heteroatoms. The summed E-state index contributed by atoms with van der Waals surface area (Å²) in [6.07, 6.45) is -6.43. The fourth-order valence-corrected chi connectivity index (χ4v) is 9.10. The van der Waals surface area contributed by atoms with Gasteiger partial charge in [-0.25, -0.2) is 0 Å². The second-order valence-corrected chi connectivity index (χ2v) is 17.9. The number of nitrogens with zero attached hydrogens (tertiary/aromatic N) is 2. The second kappa shape index (κ2) is 20.8. The van der Waals surface area contributed by atoms with Crippen molar-refractivity contribution in [2.45, 2.75) is 199 Å². The number of ether oxygens (including phenoxy) is 7. The number of oxime groups is 1. The predicted octanol–water partition coefficient (Wildman–Crippen LogP) is 4.04. The molecule has 15 nitrogen and oxygen atoms in total. The fraction of sp³-hybridized carbons (Fsp3) is 0.952. The van der Waals surface area contributed by atoms with Crippen LogP contribution in [0.1, 0.15) is 115 Å². The molecule has 3 aliphatic heterocycles. The third-order valence-corrected chi connectivity index (χ3v) is 13.1. The average molecular weight is 819 g/mol. The number of aliphatic hydroxyl groups is 4. The molecule has 1 unspecified atom stereocenters. The van der Waals surface area contributed by atoms with Crippen LogP contribution in [-0.2, 0) is 42.8 Å². The molecule has 0 radical (unpaired) electrons. The summed E-state index contributed by atoms with van der Waals surface area (Å²) in [5, 5.41) is 51.2. The molecular weight excluding hydrogens is 740 g/mol. The highest BCUT2D eigenvalue weighted by molar-refractivity contribution is 5.88. The summed E-state index contributed by atoms with van der Waals surface area (Å²) < 4.78 is 44.7. The number of hydrogen-bond donors (Lipinski definition) is 4. The Bertz CT molecular complexity index is 1290. The molecule has 0 aromatic carbocycles. The van der Waals surface area contributed by atoms with Gasteiger partial charge in [0.2, 0.25) is 0 Å². The van der Waals surface area contributed by atoms with Crippen molar-refractivity contribution < 1.29 is 63.2 Å². The minimum absolute atomic E-state index is 0.144. The first-order chi connectivity index (χ1) is 26.5. The SMILES string of the molecule is CCCCO/N=C1\[C@H](C)C[C@@](C)(OC)C(O[C@@H]2O[C@H](C)C[C@H](N(C)C)[C@H]2O)[C@@H](C)[C@H](O[C@H]2C[C@@](C)(OC)[C@@H](O)[C@H](C)O2)[C@@H](C)C(=O)O[C@H](CC)[C@@](C)(O)[C@H](O)[C@H]1C. The van der Waals surface area contributed by atoms with Gasteiger partial charge in [-0.05, 0) is 81.3 Å². The number of esters is 1. The number of aliphatic hydroxyl groups excluding tert-OH is 3. The molecule has 4 N–H and O–H groups in total. The van der Waals surface area contributed by atoms with Gasteiger partial charge < -0.3 is 63.3 Å². The van der Waals surface area contributed by atoms with Gasteiger partial charge >= 0.3 is 5.97 Å². The number of likely N-dealkylation sites (N-methyl/N-ethyl adjacent to an activating group) is 1. The minimum atomic E-state index is -1.89. The van der Waals surface area contributed by atoms with E-state index in [-0.39, 0.29) is 31.4 Å². The van der Waals surface area contributed by atoms with Crippen LogP contribution in [0.4, 0.5) is 0 Å². The van der Waals surface area contributed by atoms with Crippen molar-refractivity contribution in [3.05, 3.63) is 0 Å². The first kappa shape index (κ1) is 49.9. The third-order valence-electron chi connectivity index (χ3n) is 13.1. The molecule has 0 amide bonds. The Balaban J connectivity index is 2.28. The molecule has 0 bridgehead atoms. The van der Waals surface area contributed by atoms with E-state index in [4.69, 9.17) is 38.0 Å². The topological polar surface area (TPSA) is 187 Å². The highest BCUT2D eigenvalue weighted by Crippen LogP contribution is 2.42. The lowest BCUT2D eigenvalue weighted by molar-refractivity contribution is -0.319. The number of hydrogen-bond acceptors (Lipinski definition) is 15. The molecule has 0 aliphatic carbocycles. The van der Waals surface area contributed by atoms with Crippen LogP contribution in [0.5, 0.6) is 0 Å². The van der Waals surface area contributed by atoms with E-state index in [1.54, 1.807) is 41.7 Å². The number of unbranched alkanes of at least 4 members (excludes halogenated alkanes) is 1. The van der Waals surface area contributed by atoms with Crippen molar-refractivity contribution in [2.24, 2.45) is 28.8 Å². The first-order valence-electron chi connectivity index (χ1n) is 21.1. The number of carbonyl (C=O) groups excluding carboxylic acids is 1. The summed E-state index contributed by atoms with van der Waals surface area (Å²) in [7, 11) is 6.91. The number of carbonyl (C=O) groups is 1. The lowest BCUT2D eigenvalue weighted by Gasteiger charge is -2.50. The summed E-state index contributed by atoms with van der Waals surface area (Å²) in [5.41, 5.74) is -3.59. The number of methoxy groups -OCH3 is 2. The number of cyclic esters (lactones) is 1. The average Bonchev–Trinajstić information content (AvgIpc) is 3.16. The maximum absolute atomic E-state index is 14.4. The molecule has 3 saturated heterocycles. The van der Waals surface area contributed by atoms with Crippen molar-refractivity contribution in [1.82, 2.24) is 4.90 Å². The van der Waals surface area contributed by atoms with Crippen LogP contribution in [-0.4, -0.2) is 156 Å². The Morgan fingerprint density at radius 3 is 2.07 bits per heavy atom. The van der Waals surface area contributed by atoms with Crippen molar-refractivity contribution in [3.63, 3.8) is 0 Å². The van der Waals surface area contributed by atoms with Crippen LogP contribution in [0.2, 0.25) is 0 Å². The summed E-state index contributed by atoms with van der Waals surface area (Å²) in [6, 6.07) is -0.267. The van der Waals surface area contributed by atoms with E-state index >= 15 is 0 Å². The predicted molar refractivity (Wildman–Crippen MR) is 214 cm³/mol. The van der Waals surface area contributed by atoms with Gasteiger partial charge in [0.1, 0.15) is 30.5 Å². The summed E-state index contributed by atoms with van der Waals surface area (Å²) in [6.45, 7) is 20.3. The fourth-order valence-electron chi connectivity index (χ4n) is 9.10. The zero-order valence-corrected chi connectivity index (χ0v) is 37.5. The molecule has 0 aromatic heterocycles. The first-order valence-corrected chi connectivity index (χ1v) is 21.1. The van der Waals surface area contributed by atoms with E-state index < -0.39 is 102 Å². The Morgan fingerprint density at radius 2 is 1.51 bits per heavy atom. The maximum atomic E-state index is 14.4. The molecule has 334 valence electrons. The summed E-state index contributed by atoms with van der Waals surface area (Å²) in [5.74, 6) is -3.48. The zero-order chi connectivity index (χ0) is 43.2. The van der Waals surface area contributed by atoms with Gasteiger partial charge in [0.05, 0.1) is 53.4 Å². The van der Waals surface area contributed by atoms with Gasteiger partial charge in [-0.15, -0.1) is 0 Å². The van der Waals surface area contributed by atoms with Gasteiger partial charge in [0.25, 0.3) is 0 Å². The normalized spacial score (nSPS) is 46.4. The van der Waals surface area contributed by atoms with Crippen LogP contribution in [0, 0.1) is 23.7 Å². The van der Waals surface area contributed by atoms with Crippen molar-refractivity contribution in [1.29, 1.82) is 0 Å². The van der Waals surface area contributed by atoms with Crippen molar-refractivity contribution in [3.8, 4) is 0 Å². The molecule has 0 aromatic rings. The van der Waals surface area contributed by atoms with E-state index in [9.17, 15) is 25.2 Å². The van der Waals surface area contributed by atoms with Gasteiger partial charge in [-0.1, -0.05) is 46.2 Å². The molecule has 3 rings (SSSR count). The molecule has 0 spiro atoms. The highest BCUT2D eigenvalue weighted by Gasteiger charge is 2.54. The van der Waals surface area contributed by atoms with Gasteiger partial charge in [-0.2, -0.15) is 0 Å². The molecule has 18 atom stereocenters. The molecule has 3 aliphatic rings. The highest BCUT2D eigenvalue weighted by atomic mass is 16.7. The molecule has 3 fully saturated rings. The monoisotopic (exact) mass is 819 g/mol. The zero-order valence-electron chi connectivity index (χ0n) is 37.5. The lowest BCUT2D eigenvalue weighted by Crippen LogP contribution is -2.61. The van der Waals surface area contributed by atoms with Crippen LogP contribution in [0.15, 0.2) is 5.16 Å². The lowest BCUT2D eigenvalue weighted by atomic mass is 9.73. The van der Waals surface area contributed by atoms with E-state index in [2.05, 4.69) is 12.1 Å². The van der Waals surface area contributed by atoms with Gasteiger partial charge in [0, 0.05) is 44.4 Å². The Hall–Kier alpha value is -1.50. The van der Waals surface area contributed by atoms with E-state index in [1.165, 1.54) is 14.0 Å². The van der Waals surface area contributed by atoms with E-state index in [0.717, 1.165) is 12.8 Å². The van der Waals surface area contributed by atoms with Crippen molar-refractivity contribution >= 4 is 11.7 Å². The van der Waals surface area contributed by atoms with Gasteiger partial charge in [0.15, 0.2) is 12.6 Å². The van der Waals surface area contributed by atoms with Crippen LogP contribution < -0.4 is 0 Å². The molecule has 57 heavy (non-hydrogen) atoms. The molecule has 0 saturated carbocycles. The van der Waals surface area contributed by atoms with Crippen LogP contribution in [0.25, 0.3) is 0 Å². The number of rotatable bonds is 12. The van der Waals surface area contributed by atoms with Crippen LogP contribution >= 0.6 is 0 Å². The maximum Gasteiger partial charge on any atom is 0.311 e.